The van der Waals surface area contributed by atoms with Crippen molar-refractivity contribution in [3.8, 4) is 0 Å². The molecule has 2 aliphatic heterocycles. The molecule has 4 rings (SSSR count). The molecule has 1 spiro atoms. The highest BCUT2D eigenvalue weighted by Crippen LogP contribution is 2.42. The second-order valence-electron chi connectivity index (χ2n) is 7.17. The number of carbonyl (C=O) groups is 1. The first-order valence-electron chi connectivity index (χ1n) is 8.77. The normalized spacial score (nSPS) is 28.0. The van der Waals surface area contributed by atoms with Crippen molar-refractivity contribution < 1.29 is 19.0 Å². The number of aliphatic hydroxyl groups is 1. The van der Waals surface area contributed by atoms with Gasteiger partial charge in [-0.15, -0.1) is 0 Å². The fraction of sp³-hybridized carbons (Fsp3) is 0.400. The number of aryl methyl sites for hydroxylation is 1. The molecule has 1 N–H and O–H groups in total. The van der Waals surface area contributed by atoms with Crippen LogP contribution < -0.4 is 0 Å². The number of pyridine rings is 1. The van der Waals surface area contributed by atoms with Gasteiger partial charge in [-0.05, 0) is 43.2 Å². The van der Waals surface area contributed by atoms with Crippen LogP contribution in [0.5, 0.6) is 0 Å². The molecule has 1 aromatic heterocycles. The molecule has 3 atom stereocenters. The van der Waals surface area contributed by atoms with E-state index in [4.69, 9.17) is 4.74 Å². The molecule has 136 valence electrons. The molecule has 0 aliphatic carbocycles. The number of benzene rings is 1. The summed E-state index contributed by atoms with van der Waals surface area (Å²) in [5.41, 5.74) is 1.28. The molecule has 0 saturated carbocycles. The molecule has 2 aromatic rings. The zero-order valence-electron chi connectivity index (χ0n) is 14.6. The fourth-order valence-corrected chi connectivity index (χ4v) is 4.02. The highest BCUT2D eigenvalue weighted by atomic mass is 19.1. The van der Waals surface area contributed by atoms with Crippen molar-refractivity contribution in [3.63, 3.8) is 0 Å². The van der Waals surface area contributed by atoms with Crippen molar-refractivity contribution >= 4 is 5.91 Å². The van der Waals surface area contributed by atoms with Crippen LogP contribution in [-0.4, -0.2) is 52.3 Å². The highest BCUT2D eigenvalue weighted by molar-refractivity contribution is 5.95. The summed E-state index contributed by atoms with van der Waals surface area (Å²) in [7, 11) is 0. The monoisotopic (exact) mass is 356 g/mol. The van der Waals surface area contributed by atoms with E-state index in [0.29, 0.717) is 30.8 Å². The van der Waals surface area contributed by atoms with E-state index in [1.165, 1.54) is 12.1 Å². The third kappa shape index (κ3) is 2.89. The van der Waals surface area contributed by atoms with Gasteiger partial charge in [-0.2, -0.15) is 0 Å². The van der Waals surface area contributed by atoms with E-state index < -0.39 is 11.7 Å². The fourth-order valence-electron chi connectivity index (χ4n) is 4.02. The lowest BCUT2D eigenvalue weighted by atomic mass is 9.87. The van der Waals surface area contributed by atoms with Crippen molar-refractivity contribution in [2.45, 2.75) is 31.0 Å². The van der Waals surface area contributed by atoms with Gasteiger partial charge in [-0.25, -0.2) is 4.39 Å². The van der Waals surface area contributed by atoms with Gasteiger partial charge in [0.15, 0.2) is 0 Å². The Morgan fingerprint density at radius 2 is 2.23 bits per heavy atom. The second kappa shape index (κ2) is 6.45. The lowest BCUT2D eigenvalue weighted by Crippen LogP contribution is -2.41. The summed E-state index contributed by atoms with van der Waals surface area (Å²) in [5.74, 6) is -0.417. The zero-order valence-corrected chi connectivity index (χ0v) is 14.6. The van der Waals surface area contributed by atoms with Gasteiger partial charge in [-0.1, -0.05) is 12.1 Å². The van der Waals surface area contributed by atoms with Crippen LogP contribution in [0.15, 0.2) is 42.6 Å². The van der Waals surface area contributed by atoms with Crippen LogP contribution in [0.1, 0.15) is 34.0 Å². The van der Waals surface area contributed by atoms with Gasteiger partial charge in [0.25, 0.3) is 5.91 Å². The maximum absolute atomic E-state index is 13.5. The first-order chi connectivity index (χ1) is 12.5. The van der Waals surface area contributed by atoms with Crippen LogP contribution in [0.25, 0.3) is 0 Å². The largest absolute Gasteiger partial charge is 0.388 e. The molecule has 6 heteroatoms. The number of aliphatic hydroxyl groups excluding tert-OH is 1. The minimum atomic E-state index is -0.789. The van der Waals surface area contributed by atoms with Crippen molar-refractivity contribution in [2.24, 2.45) is 0 Å². The Labute approximate surface area is 151 Å². The standard InChI is InChI=1S/C20H21FN2O3/c1-13-17(6-3-7-22-13)19(25)23-10-18(24)20(12-23)9-15(11-26-20)14-4-2-5-16(21)8-14/h2-8,15,18,24H,9-12H2,1H3/t15-,18+,20+/m0/s1. The SMILES string of the molecule is Cc1ncccc1C(=O)N1C[C@@H](O)[C@@]2(C[C@H](c3cccc(F)c3)CO2)C1. The lowest BCUT2D eigenvalue weighted by molar-refractivity contribution is -0.0591. The first kappa shape index (κ1) is 17.1. The third-order valence-electron chi connectivity index (χ3n) is 5.47. The van der Waals surface area contributed by atoms with Crippen molar-refractivity contribution in [2.75, 3.05) is 19.7 Å². The van der Waals surface area contributed by atoms with Gasteiger partial charge in [0.1, 0.15) is 17.5 Å². The highest BCUT2D eigenvalue weighted by Gasteiger charge is 2.53. The van der Waals surface area contributed by atoms with Crippen LogP contribution >= 0.6 is 0 Å². The van der Waals surface area contributed by atoms with E-state index in [9.17, 15) is 14.3 Å². The molecular formula is C20H21FN2O3. The summed E-state index contributed by atoms with van der Waals surface area (Å²) in [6.07, 6.45) is 1.45. The van der Waals surface area contributed by atoms with Crippen molar-refractivity contribution in [1.82, 2.24) is 9.88 Å². The molecule has 1 amide bonds. The summed E-state index contributed by atoms with van der Waals surface area (Å²) >= 11 is 0. The van der Waals surface area contributed by atoms with Crippen LogP contribution in [0.2, 0.25) is 0 Å². The molecule has 0 radical (unpaired) electrons. The number of β-amino-alcohol motifs (C(OH)–C–C–N with tert-alkyl or cyclic N) is 1. The van der Waals surface area contributed by atoms with Crippen molar-refractivity contribution in [3.05, 3.63) is 65.2 Å². The minimum Gasteiger partial charge on any atom is -0.388 e. The Morgan fingerprint density at radius 1 is 1.38 bits per heavy atom. The number of halogens is 1. The summed E-state index contributed by atoms with van der Waals surface area (Å²) in [4.78, 5) is 18.6. The number of hydrogen-bond donors (Lipinski definition) is 1. The number of ether oxygens (including phenoxy) is 1. The number of hydrogen-bond acceptors (Lipinski definition) is 4. The maximum Gasteiger partial charge on any atom is 0.255 e. The van der Waals surface area contributed by atoms with Gasteiger partial charge in [-0.3, -0.25) is 9.78 Å². The molecule has 3 heterocycles. The maximum atomic E-state index is 13.5. The van der Waals surface area contributed by atoms with E-state index in [1.807, 2.05) is 6.07 Å². The van der Waals surface area contributed by atoms with Gasteiger partial charge in [0.2, 0.25) is 0 Å². The summed E-state index contributed by atoms with van der Waals surface area (Å²) < 4.78 is 19.5. The molecule has 2 saturated heterocycles. The van der Waals surface area contributed by atoms with E-state index in [-0.39, 0.29) is 24.2 Å². The first-order valence-corrected chi connectivity index (χ1v) is 8.77. The number of carbonyl (C=O) groups excluding carboxylic acids is 1. The lowest BCUT2D eigenvalue weighted by Gasteiger charge is -2.26. The molecular weight excluding hydrogens is 335 g/mol. The Morgan fingerprint density at radius 3 is 3.00 bits per heavy atom. The molecule has 0 bridgehead atoms. The molecule has 1 aromatic carbocycles. The number of nitrogens with zero attached hydrogens (tertiary/aromatic N) is 2. The van der Waals surface area contributed by atoms with E-state index >= 15 is 0 Å². The Kier molecular flexibility index (Phi) is 4.25. The van der Waals surface area contributed by atoms with Gasteiger partial charge in [0.05, 0.1) is 18.7 Å². The number of aromatic nitrogens is 1. The Hall–Kier alpha value is -2.31. The average molecular weight is 356 g/mol. The van der Waals surface area contributed by atoms with E-state index in [2.05, 4.69) is 4.98 Å². The second-order valence-corrected chi connectivity index (χ2v) is 7.17. The average Bonchev–Trinajstić information content (AvgIpc) is 3.20. The number of amides is 1. The zero-order chi connectivity index (χ0) is 18.3. The van der Waals surface area contributed by atoms with Crippen LogP contribution in [0.3, 0.4) is 0 Å². The number of likely N-dealkylation sites (tertiary alicyclic amines) is 1. The predicted octanol–water partition coefficient (Wildman–Crippen LogP) is 2.29. The van der Waals surface area contributed by atoms with E-state index in [1.54, 1.807) is 36.2 Å². The predicted molar refractivity (Wildman–Crippen MR) is 93.3 cm³/mol. The van der Waals surface area contributed by atoms with Crippen LogP contribution in [0, 0.1) is 12.7 Å². The summed E-state index contributed by atoms with van der Waals surface area (Å²) in [5, 5.41) is 10.6. The molecule has 2 fully saturated rings. The quantitative estimate of drug-likeness (QED) is 0.897. The molecule has 5 nitrogen and oxygen atoms in total. The third-order valence-corrected chi connectivity index (χ3v) is 5.47. The molecule has 26 heavy (non-hydrogen) atoms. The summed E-state index contributed by atoms with van der Waals surface area (Å²) in [6.45, 7) is 2.76. The van der Waals surface area contributed by atoms with Crippen molar-refractivity contribution in [1.29, 1.82) is 0 Å². The van der Waals surface area contributed by atoms with Crippen LogP contribution in [-0.2, 0) is 4.74 Å². The summed E-state index contributed by atoms with van der Waals surface area (Å²) in [6, 6.07) is 9.95. The van der Waals surface area contributed by atoms with Gasteiger partial charge >= 0.3 is 0 Å². The smallest absolute Gasteiger partial charge is 0.255 e. The minimum absolute atomic E-state index is 0.00975. The number of rotatable bonds is 2. The van der Waals surface area contributed by atoms with Gasteiger partial charge in [0, 0.05) is 24.4 Å². The van der Waals surface area contributed by atoms with Gasteiger partial charge < -0.3 is 14.7 Å². The topological polar surface area (TPSA) is 62.7 Å². The van der Waals surface area contributed by atoms with E-state index in [0.717, 1.165) is 5.56 Å². The molecule has 0 unspecified atom stereocenters. The Balaban J connectivity index is 1.52. The Bertz CT molecular complexity index is 843. The van der Waals surface area contributed by atoms with Crippen LogP contribution in [0.4, 0.5) is 4.39 Å². The molecule has 2 aliphatic rings.